The summed E-state index contributed by atoms with van der Waals surface area (Å²) in [6.07, 6.45) is 6.88. The van der Waals surface area contributed by atoms with Crippen LogP contribution in [-0.4, -0.2) is 17.4 Å². The number of anilines is 1. The average molecular weight is 311 g/mol. The first kappa shape index (κ1) is 17.0. The number of amides is 1. The van der Waals surface area contributed by atoms with Gasteiger partial charge in [0, 0.05) is 18.9 Å². The summed E-state index contributed by atoms with van der Waals surface area (Å²) in [6, 6.07) is 11.7. The SMILES string of the molecule is CCCCCNc1cncc(C(=O)NC(C)c2ccccc2)c1. The number of carbonyl (C=O) groups excluding carboxylic acids is 1. The topological polar surface area (TPSA) is 54.0 Å². The van der Waals surface area contributed by atoms with Gasteiger partial charge in [-0.1, -0.05) is 50.1 Å². The summed E-state index contributed by atoms with van der Waals surface area (Å²) < 4.78 is 0. The number of unbranched alkanes of at least 4 members (excludes halogenated alkanes) is 2. The Labute approximate surface area is 138 Å². The molecule has 23 heavy (non-hydrogen) atoms. The molecule has 0 saturated heterocycles. The molecule has 2 rings (SSSR count). The molecule has 1 aromatic heterocycles. The van der Waals surface area contributed by atoms with E-state index in [0.717, 1.165) is 24.2 Å². The Morgan fingerprint density at radius 2 is 1.96 bits per heavy atom. The monoisotopic (exact) mass is 311 g/mol. The number of nitrogens with one attached hydrogen (secondary N) is 2. The number of hydrogen-bond donors (Lipinski definition) is 2. The van der Waals surface area contributed by atoms with E-state index < -0.39 is 0 Å². The minimum atomic E-state index is -0.105. The zero-order valence-electron chi connectivity index (χ0n) is 13.9. The summed E-state index contributed by atoms with van der Waals surface area (Å²) in [5.74, 6) is -0.105. The van der Waals surface area contributed by atoms with Crippen LogP contribution in [0.15, 0.2) is 48.8 Å². The number of carbonyl (C=O) groups is 1. The van der Waals surface area contributed by atoms with Gasteiger partial charge in [-0.3, -0.25) is 9.78 Å². The van der Waals surface area contributed by atoms with Gasteiger partial charge in [-0.2, -0.15) is 0 Å². The highest BCUT2D eigenvalue weighted by Crippen LogP contribution is 2.14. The lowest BCUT2D eigenvalue weighted by atomic mass is 10.1. The van der Waals surface area contributed by atoms with Crippen LogP contribution in [0.1, 0.15) is 55.1 Å². The molecule has 0 bridgehead atoms. The third-order valence-electron chi connectivity index (χ3n) is 3.76. The van der Waals surface area contributed by atoms with Gasteiger partial charge in [0.2, 0.25) is 0 Å². The first-order chi connectivity index (χ1) is 11.2. The highest BCUT2D eigenvalue weighted by Gasteiger charge is 2.12. The highest BCUT2D eigenvalue weighted by molar-refractivity contribution is 5.94. The van der Waals surface area contributed by atoms with Crippen LogP contribution in [0.2, 0.25) is 0 Å². The van der Waals surface area contributed by atoms with Gasteiger partial charge in [-0.15, -0.1) is 0 Å². The van der Waals surface area contributed by atoms with Crippen molar-refractivity contribution in [3.05, 3.63) is 59.9 Å². The van der Waals surface area contributed by atoms with Crippen molar-refractivity contribution in [2.75, 3.05) is 11.9 Å². The van der Waals surface area contributed by atoms with Gasteiger partial charge in [0.25, 0.3) is 5.91 Å². The van der Waals surface area contributed by atoms with Crippen molar-refractivity contribution in [3.8, 4) is 0 Å². The second kappa shape index (κ2) is 8.93. The number of rotatable bonds is 8. The Bertz CT molecular complexity index is 613. The van der Waals surface area contributed by atoms with Crippen molar-refractivity contribution in [3.63, 3.8) is 0 Å². The summed E-state index contributed by atoms with van der Waals surface area (Å²) in [7, 11) is 0. The van der Waals surface area contributed by atoms with Crippen LogP contribution in [-0.2, 0) is 0 Å². The van der Waals surface area contributed by atoms with Crippen LogP contribution in [0.25, 0.3) is 0 Å². The molecule has 0 aliphatic carbocycles. The zero-order chi connectivity index (χ0) is 16.5. The fourth-order valence-electron chi connectivity index (χ4n) is 2.37. The molecule has 1 heterocycles. The number of nitrogens with zero attached hydrogens (tertiary/aromatic N) is 1. The molecule has 1 amide bonds. The van der Waals surface area contributed by atoms with E-state index in [9.17, 15) is 4.79 Å². The second-order valence-electron chi connectivity index (χ2n) is 5.70. The number of benzene rings is 1. The smallest absolute Gasteiger partial charge is 0.253 e. The van der Waals surface area contributed by atoms with Crippen LogP contribution in [0, 0.1) is 0 Å². The molecule has 122 valence electrons. The molecule has 1 aromatic carbocycles. The molecule has 2 aromatic rings. The summed E-state index contributed by atoms with van der Waals surface area (Å²) in [6.45, 7) is 5.06. The van der Waals surface area contributed by atoms with Crippen molar-refractivity contribution in [1.82, 2.24) is 10.3 Å². The van der Waals surface area contributed by atoms with Crippen molar-refractivity contribution in [2.45, 2.75) is 39.2 Å². The van der Waals surface area contributed by atoms with E-state index in [2.05, 4.69) is 22.5 Å². The average Bonchev–Trinajstić information content (AvgIpc) is 2.60. The summed E-state index contributed by atoms with van der Waals surface area (Å²) >= 11 is 0. The first-order valence-corrected chi connectivity index (χ1v) is 8.25. The van der Waals surface area contributed by atoms with Gasteiger partial charge in [-0.25, -0.2) is 0 Å². The molecule has 4 heteroatoms. The molecule has 4 nitrogen and oxygen atoms in total. The summed E-state index contributed by atoms with van der Waals surface area (Å²) in [5, 5.41) is 6.33. The fourth-order valence-corrected chi connectivity index (χ4v) is 2.37. The van der Waals surface area contributed by atoms with Crippen molar-refractivity contribution >= 4 is 11.6 Å². The summed E-state index contributed by atoms with van der Waals surface area (Å²) in [5.41, 5.74) is 2.55. The number of hydrogen-bond acceptors (Lipinski definition) is 3. The Balaban J connectivity index is 1.94. The largest absolute Gasteiger partial charge is 0.384 e. The Kier molecular flexibility index (Phi) is 6.60. The molecular formula is C19H25N3O. The predicted molar refractivity (Wildman–Crippen MR) is 94.6 cm³/mol. The lowest BCUT2D eigenvalue weighted by Crippen LogP contribution is -2.26. The van der Waals surface area contributed by atoms with Crippen molar-refractivity contribution < 1.29 is 4.79 Å². The fraction of sp³-hybridized carbons (Fsp3) is 0.368. The maximum Gasteiger partial charge on any atom is 0.253 e. The first-order valence-electron chi connectivity index (χ1n) is 8.25. The van der Waals surface area contributed by atoms with Crippen molar-refractivity contribution in [2.24, 2.45) is 0 Å². The van der Waals surface area contributed by atoms with E-state index in [1.54, 1.807) is 12.4 Å². The normalized spacial score (nSPS) is 11.7. The lowest BCUT2D eigenvalue weighted by molar-refractivity contribution is 0.0939. The van der Waals surface area contributed by atoms with E-state index >= 15 is 0 Å². The maximum atomic E-state index is 12.4. The minimum Gasteiger partial charge on any atom is -0.384 e. The molecule has 0 radical (unpaired) electrons. The number of pyridine rings is 1. The van der Waals surface area contributed by atoms with Crippen molar-refractivity contribution in [1.29, 1.82) is 0 Å². The Morgan fingerprint density at radius 1 is 1.17 bits per heavy atom. The third-order valence-corrected chi connectivity index (χ3v) is 3.76. The van der Waals surface area contributed by atoms with Crippen LogP contribution in [0.4, 0.5) is 5.69 Å². The van der Waals surface area contributed by atoms with Crippen LogP contribution in [0.3, 0.4) is 0 Å². The lowest BCUT2D eigenvalue weighted by Gasteiger charge is -2.14. The molecule has 2 N–H and O–H groups in total. The second-order valence-corrected chi connectivity index (χ2v) is 5.70. The predicted octanol–water partition coefficient (Wildman–Crippen LogP) is 4.17. The quantitative estimate of drug-likeness (QED) is 0.719. The molecule has 0 fully saturated rings. The van der Waals surface area contributed by atoms with Gasteiger partial charge in [0.1, 0.15) is 0 Å². The molecular weight excluding hydrogens is 286 g/mol. The number of aromatic nitrogens is 1. The molecule has 0 aliphatic heterocycles. The summed E-state index contributed by atoms with van der Waals surface area (Å²) in [4.78, 5) is 16.5. The van der Waals surface area contributed by atoms with Gasteiger partial charge in [0.15, 0.2) is 0 Å². The molecule has 0 saturated carbocycles. The van der Waals surface area contributed by atoms with E-state index in [-0.39, 0.29) is 11.9 Å². The highest BCUT2D eigenvalue weighted by atomic mass is 16.1. The van der Waals surface area contributed by atoms with Gasteiger partial charge < -0.3 is 10.6 Å². The van der Waals surface area contributed by atoms with E-state index in [4.69, 9.17) is 0 Å². The van der Waals surface area contributed by atoms with Gasteiger partial charge in [-0.05, 0) is 25.0 Å². The van der Waals surface area contributed by atoms with E-state index in [1.807, 2.05) is 43.3 Å². The third kappa shape index (κ3) is 5.40. The van der Waals surface area contributed by atoms with E-state index in [1.165, 1.54) is 12.8 Å². The van der Waals surface area contributed by atoms with Crippen LogP contribution < -0.4 is 10.6 Å². The standard InChI is InChI=1S/C19H25N3O/c1-3-4-8-11-21-18-12-17(13-20-14-18)19(23)22-15(2)16-9-6-5-7-10-16/h5-7,9-10,12-15,21H,3-4,8,11H2,1-2H3,(H,22,23). The van der Waals surface area contributed by atoms with Crippen LogP contribution >= 0.6 is 0 Å². The molecule has 0 spiro atoms. The molecule has 1 unspecified atom stereocenters. The van der Waals surface area contributed by atoms with Gasteiger partial charge in [0.05, 0.1) is 17.3 Å². The molecule has 0 aliphatic rings. The Hall–Kier alpha value is -2.36. The van der Waals surface area contributed by atoms with Crippen LogP contribution in [0.5, 0.6) is 0 Å². The maximum absolute atomic E-state index is 12.4. The molecule has 1 atom stereocenters. The van der Waals surface area contributed by atoms with Gasteiger partial charge >= 0.3 is 0 Å². The van der Waals surface area contributed by atoms with E-state index in [0.29, 0.717) is 5.56 Å². The minimum absolute atomic E-state index is 0.0372. The zero-order valence-corrected chi connectivity index (χ0v) is 13.9. The Morgan fingerprint density at radius 3 is 2.70 bits per heavy atom.